The minimum Gasteiger partial charge on any atom is -0.394 e. The summed E-state index contributed by atoms with van der Waals surface area (Å²) in [6.45, 7) is -0.321. The first-order chi connectivity index (χ1) is 9.22. The number of aliphatic hydroxyl groups is 1. The lowest BCUT2D eigenvalue weighted by molar-refractivity contribution is 0.110. The van der Waals surface area contributed by atoms with Crippen molar-refractivity contribution in [2.75, 3.05) is 6.61 Å². The Morgan fingerprint density at radius 1 is 1.35 bits per heavy atom. The van der Waals surface area contributed by atoms with E-state index in [-0.39, 0.29) is 6.61 Å². The fourth-order valence-electron chi connectivity index (χ4n) is 2.20. The van der Waals surface area contributed by atoms with Gasteiger partial charge in [0.2, 0.25) is 10.0 Å². The SMILES string of the molecule is Cn1cc(S(=O)(=O)NC2(CO)CCC2)c(=O)n(C)c1=O. The molecule has 1 saturated carbocycles. The molecular formula is C11H17N3O5S. The second kappa shape index (κ2) is 4.83. The average molecular weight is 303 g/mol. The molecule has 1 heterocycles. The third-order valence-electron chi connectivity index (χ3n) is 3.67. The molecule has 2 rings (SSSR count). The van der Waals surface area contributed by atoms with E-state index in [1.807, 2.05) is 0 Å². The zero-order chi connectivity index (χ0) is 15.1. The van der Waals surface area contributed by atoms with Crippen molar-refractivity contribution >= 4 is 10.0 Å². The molecule has 20 heavy (non-hydrogen) atoms. The van der Waals surface area contributed by atoms with Crippen molar-refractivity contribution in [3.63, 3.8) is 0 Å². The standard InChI is InChI=1S/C11H17N3O5S/c1-13-6-8(9(16)14(2)10(13)17)20(18,19)12-11(7-15)4-3-5-11/h6,12,15H,3-5,7H2,1-2H3. The van der Waals surface area contributed by atoms with Gasteiger partial charge in [-0.3, -0.25) is 9.36 Å². The first-order valence-corrected chi connectivity index (χ1v) is 7.62. The Morgan fingerprint density at radius 3 is 2.40 bits per heavy atom. The number of hydrogen-bond acceptors (Lipinski definition) is 5. The Balaban J connectivity index is 2.51. The predicted octanol–water partition coefficient (Wildman–Crippen LogP) is -1.72. The zero-order valence-corrected chi connectivity index (χ0v) is 12.1. The van der Waals surface area contributed by atoms with Crippen LogP contribution in [0.25, 0.3) is 0 Å². The number of rotatable bonds is 4. The highest BCUT2D eigenvalue weighted by atomic mass is 32.2. The second-order valence-electron chi connectivity index (χ2n) is 5.15. The molecule has 0 radical (unpaired) electrons. The number of nitrogens with one attached hydrogen (secondary N) is 1. The van der Waals surface area contributed by atoms with Crippen molar-refractivity contribution in [1.82, 2.24) is 13.9 Å². The fraction of sp³-hybridized carbons (Fsp3) is 0.636. The predicted molar refractivity (Wildman–Crippen MR) is 70.9 cm³/mol. The highest BCUT2D eigenvalue weighted by molar-refractivity contribution is 7.89. The molecule has 1 aliphatic carbocycles. The summed E-state index contributed by atoms with van der Waals surface area (Å²) in [7, 11) is -1.50. The van der Waals surface area contributed by atoms with E-state index in [2.05, 4.69) is 4.72 Å². The normalized spacial score (nSPS) is 17.8. The van der Waals surface area contributed by atoms with Crippen LogP contribution in [0.2, 0.25) is 0 Å². The zero-order valence-electron chi connectivity index (χ0n) is 11.3. The summed E-state index contributed by atoms with van der Waals surface area (Å²) in [5.74, 6) is 0. The topological polar surface area (TPSA) is 110 Å². The summed E-state index contributed by atoms with van der Waals surface area (Å²) >= 11 is 0. The van der Waals surface area contributed by atoms with Crippen molar-refractivity contribution in [2.45, 2.75) is 29.7 Å². The van der Waals surface area contributed by atoms with E-state index in [4.69, 9.17) is 0 Å². The molecule has 0 saturated heterocycles. The van der Waals surface area contributed by atoms with Gasteiger partial charge in [-0.15, -0.1) is 0 Å². The van der Waals surface area contributed by atoms with Crippen LogP contribution < -0.4 is 16.0 Å². The quantitative estimate of drug-likeness (QED) is 0.687. The lowest BCUT2D eigenvalue weighted by Gasteiger charge is -2.40. The minimum absolute atomic E-state index is 0.321. The number of sulfonamides is 1. The van der Waals surface area contributed by atoms with Gasteiger partial charge in [-0.25, -0.2) is 17.9 Å². The van der Waals surface area contributed by atoms with E-state index < -0.39 is 31.7 Å². The maximum Gasteiger partial charge on any atom is 0.330 e. The van der Waals surface area contributed by atoms with E-state index in [9.17, 15) is 23.1 Å². The molecule has 0 bridgehead atoms. The van der Waals surface area contributed by atoms with Crippen molar-refractivity contribution < 1.29 is 13.5 Å². The van der Waals surface area contributed by atoms with Crippen molar-refractivity contribution in [1.29, 1.82) is 0 Å². The molecule has 1 fully saturated rings. The van der Waals surface area contributed by atoms with E-state index in [0.717, 1.165) is 21.8 Å². The van der Waals surface area contributed by atoms with Crippen LogP contribution in [0.15, 0.2) is 20.7 Å². The summed E-state index contributed by atoms with van der Waals surface area (Å²) in [6.07, 6.45) is 2.86. The number of aromatic nitrogens is 2. The molecular weight excluding hydrogens is 286 g/mol. The van der Waals surface area contributed by atoms with Gasteiger partial charge < -0.3 is 9.67 Å². The van der Waals surface area contributed by atoms with Gasteiger partial charge in [-0.05, 0) is 19.3 Å². The van der Waals surface area contributed by atoms with Gasteiger partial charge in [0.05, 0.1) is 12.1 Å². The van der Waals surface area contributed by atoms with Gasteiger partial charge in [-0.2, -0.15) is 0 Å². The third kappa shape index (κ3) is 2.32. The number of nitrogens with zero attached hydrogens (tertiary/aromatic N) is 2. The van der Waals surface area contributed by atoms with E-state index in [1.54, 1.807) is 0 Å². The number of aryl methyl sites for hydroxylation is 1. The highest BCUT2D eigenvalue weighted by Gasteiger charge is 2.41. The first kappa shape index (κ1) is 14.9. The van der Waals surface area contributed by atoms with Gasteiger partial charge in [0.25, 0.3) is 5.56 Å². The van der Waals surface area contributed by atoms with Crippen LogP contribution in [0.1, 0.15) is 19.3 Å². The first-order valence-electron chi connectivity index (χ1n) is 6.14. The molecule has 0 aliphatic heterocycles. The Bertz CT molecular complexity index is 737. The average Bonchev–Trinajstić information content (AvgIpc) is 2.35. The highest BCUT2D eigenvalue weighted by Crippen LogP contribution is 2.32. The number of aliphatic hydroxyl groups excluding tert-OH is 1. The summed E-state index contributed by atoms with van der Waals surface area (Å²) in [5, 5.41) is 9.30. The maximum atomic E-state index is 12.3. The Kier molecular flexibility index (Phi) is 3.61. The molecule has 0 aromatic carbocycles. The monoisotopic (exact) mass is 303 g/mol. The van der Waals surface area contributed by atoms with E-state index >= 15 is 0 Å². The lowest BCUT2D eigenvalue weighted by atomic mass is 9.78. The summed E-state index contributed by atoms with van der Waals surface area (Å²) < 4.78 is 28.7. The molecule has 0 unspecified atom stereocenters. The van der Waals surface area contributed by atoms with Crippen LogP contribution >= 0.6 is 0 Å². The van der Waals surface area contributed by atoms with Gasteiger partial charge in [-0.1, -0.05) is 0 Å². The van der Waals surface area contributed by atoms with Crippen molar-refractivity contribution in [3.05, 3.63) is 27.0 Å². The van der Waals surface area contributed by atoms with Crippen LogP contribution in [0.4, 0.5) is 0 Å². The molecule has 0 amide bonds. The molecule has 8 nitrogen and oxygen atoms in total. The molecule has 1 aromatic rings. The lowest BCUT2D eigenvalue weighted by Crippen LogP contribution is -2.57. The maximum absolute atomic E-state index is 12.3. The van der Waals surface area contributed by atoms with Crippen LogP contribution in [0.5, 0.6) is 0 Å². The summed E-state index contributed by atoms with van der Waals surface area (Å²) in [4.78, 5) is 23.0. The van der Waals surface area contributed by atoms with E-state index in [1.165, 1.54) is 14.1 Å². The molecule has 0 atom stereocenters. The molecule has 1 aromatic heterocycles. The molecule has 0 spiro atoms. The van der Waals surface area contributed by atoms with E-state index in [0.29, 0.717) is 12.8 Å². The van der Waals surface area contributed by atoms with Crippen LogP contribution in [0.3, 0.4) is 0 Å². The summed E-state index contributed by atoms with van der Waals surface area (Å²) in [5.41, 5.74) is -2.37. The molecule has 2 N–H and O–H groups in total. The van der Waals surface area contributed by atoms with Gasteiger partial charge in [0, 0.05) is 20.3 Å². The van der Waals surface area contributed by atoms with Crippen molar-refractivity contribution in [2.24, 2.45) is 14.1 Å². The van der Waals surface area contributed by atoms with Gasteiger partial charge >= 0.3 is 5.69 Å². The molecule has 112 valence electrons. The van der Waals surface area contributed by atoms with Crippen LogP contribution in [-0.2, 0) is 24.1 Å². The molecule has 1 aliphatic rings. The van der Waals surface area contributed by atoms with Gasteiger partial charge in [0.1, 0.15) is 0 Å². The van der Waals surface area contributed by atoms with Crippen LogP contribution in [-0.4, -0.2) is 34.8 Å². The fourth-order valence-corrected chi connectivity index (χ4v) is 3.81. The minimum atomic E-state index is -4.09. The second-order valence-corrected chi connectivity index (χ2v) is 6.80. The smallest absolute Gasteiger partial charge is 0.330 e. The van der Waals surface area contributed by atoms with Crippen molar-refractivity contribution in [3.8, 4) is 0 Å². The van der Waals surface area contributed by atoms with Crippen LogP contribution in [0, 0.1) is 0 Å². The Morgan fingerprint density at radius 2 is 1.95 bits per heavy atom. The number of hydrogen-bond donors (Lipinski definition) is 2. The Hall–Kier alpha value is -1.45. The summed E-state index contributed by atoms with van der Waals surface area (Å²) in [6, 6.07) is 0. The largest absolute Gasteiger partial charge is 0.394 e. The van der Waals surface area contributed by atoms with Gasteiger partial charge in [0.15, 0.2) is 4.90 Å². The molecule has 9 heteroatoms. The Labute approximate surface area is 115 Å². The third-order valence-corrected chi connectivity index (χ3v) is 5.23.